The van der Waals surface area contributed by atoms with Crippen LogP contribution in [0.15, 0.2) is 36.7 Å². The zero-order chi connectivity index (χ0) is 19.7. The summed E-state index contributed by atoms with van der Waals surface area (Å²) in [6, 6.07) is 7.33. The Labute approximate surface area is 158 Å². The van der Waals surface area contributed by atoms with Gasteiger partial charge in [-0.25, -0.2) is 18.7 Å². The number of nitrogens with zero attached hydrogens (tertiary/aromatic N) is 4. The van der Waals surface area contributed by atoms with Crippen LogP contribution in [0.1, 0.15) is 25.2 Å². The third kappa shape index (κ3) is 2.89. The average molecular weight is 387 g/mol. The van der Waals surface area contributed by atoms with E-state index in [1.807, 2.05) is 31.4 Å². The first-order valence-corrected chi connectivity index (χ1v) is 9.34. The molecule has 4 aromatic rings. The Bertz CT molecular complexity index is 1210. The summed E-state index contributed by atoms with van der Waals surface area (Å²) >= 11 is 1.17. The maximum Gasteiger partial charge on any atom is 0.248 e. The molecule has 0 aromatic carbocycles. The highest BCUT2D eigenvalue weighted by Gasteiger charge is 2.48. The molecule has 1 fully saturated rings. The number of aromatic nitrogens is 4. The molecule has 0 spiro atoms. The molecule has 4 heterocycles. The van der Waals surface area contributed by atoms with E-state index in [4.69, 9.17) is 1.37 Å². The van der Waals surface area contributed by atoms with Crippen molar-refractivity contribution in [2.75, 3.05) is 0 Å². The first-order chi connectivity index (χ1) is 13.2. The van der Waals surface area contributed by atoms with Crippen molar-refractivity contribution in [2.45, 2.75) is 24.8 Å². The van der Waals surface area contributed by atoms with E-state index in [1.54, 1.807) is 16.9 Å². The average Bonchev–Trinajstić information content (AvgIpc) is 3.20. The molecule has 1 atom stereocenters. The van der Waals surface area contributed by atoms with Gasteiger partial charge in [-0.15, -0.1) is 11.3 Å². The molecule has 0 aliphatic heterocycles. The number of rotatable bonds is 3. The van der Waals surface area contributed by atoms with Gasteiger partial charge in [0.2, 0.25) is 5.92 Å². The molecule has 138 valence electrons. The first-order valence-electron chi connectivity index (χ1n) is 9.02. The minimum absolute atomic E-state index is 0.341. The molecule has 0 amide bonds. The van der Waals surface area contributed by atoms with Gasteiger partial charge in [0, 0.05) is 59.4 Å². The number of fused-ring (bicyclic) bond motifs is 2. The molecule has 1 aliphatic carbocycles. The predicted molar refractivity (Wildman–Crippen MR) is 99.8 cm³/mol. The zero-order valence-corrected chi connectivity index (χ0v) is 15.2. The summed E-state index contributed by atoms with van der Waals surface area (Å²) in [5.41, 5.74) is 2.20. The van der Waals surface area contributed by atoms with Crippen molar-refractivity contribution in [3.63, 3.8) is 0 Å². The highest BCUT2D eigenvalue weighted by Crippen LogP contribution is 2.49. The van der Waals surface area contributed by atoms with Crippen molar-refractivity contribution >= 4 is 32.6 Å². The highest BCUT2D eigenvalue weighted by atomic mass is 32.1. The first kappa shape index (κ1) is 15.6. The Kier molecular flexibility index (Phi) is 3.33. The molecule has 5 rings (SSSR count). The fourth-order valence-electron chi connectivity index (χ4n) is 3.43. The number of aliphatic hydroxyl groups is 1. The van der Waals surface area contributed by atoms with Crippen molar-refractivity contribution < 1.29 is 15.3 Å². The number of thiophene rings is 1. The standard InChI is InChI=1S/C19H16F2N4OS/c1-25-9-12-4-11(8-22-17(12)24-25)14-3-2-10-5-15(27-18(10)23-14)16(26)13-6-19(20,21)7-13/h2-5,8-9,13,16,26H,6-7H2,1H3/t16-/m0/s1/i16D. The lowest BCUT2D eigenvalue weighted by Gasteiger charge is -2.37. The maximum absolute atomic E-state index is 13.2. The fraction of sp³-hybridized carbons (Fsp3) is 0.316. The number of hydrogen-bond donors (Lipinski definition) is 1. The Morgan fingerprint density at radius 2 is 2.15 bits per heavy atom. The van der Waals surface area contributed by atoms with Crippen molar-refractivity contribution in [2.24, 2.45) is 13.0 Å². The van der Waals surface area contributed by atoms with Gasteiger partial charge in [0.25, 0.3) is 0 Å². The predicted octanol–water partition coefficient (Wildman–Crippen LogP) is 4.32. The van der Waals surface area contributed by atoms with Crippen molar-refractivity contribution in [3.05, 3.63) is 41.5 Å². The van der Waals surface area contributed by atoms with Crippen LogP contribution in [0, 0.1) is 5.92 Å². The lowest BCUT2D eigenvalue weighted by Crippen LogP contribution is -2.38. The van der Waals surface area contributed by atoms with Gasteiger partial charge in [0.15, 0.2) is 5.65 Å². The zero-order valence-electron chi connectivity index (χ0n) is 15.4. The fourth-order valence-corrected chi connectivity index (χ4v) is 4.49. The molecular formula is C19H16F2N4OS. The van der Waals surface area contributed by atoms with E-state index in [2.05, 4.69) is 15.1 Å². The van der Waals surface area contributed by atoms with Crippen LogP contribution in [0.2, 0.25) is 0 Å². The number of aryl methyl sites for hydroxylation is 1. The largest absolute Gasteiger partial charge is 0.387 e. The van der Waals surface area contributed by atoms with Gasteiger partial charge in [-0.1, -0.05) is 0 Å². The van der Waals surface area contributed by atoms with E-state index in [-0.39, 0.29) is 0 Å². The lowest BCUT2D eigenvalue weighted by molar-refractivity contribution is -0.141. The van der Waals surface area contributed by atoms with E-state index >= 15 is 0 Å². The van der Waals surface area contributed by atoms with Crippen LogP contribution in [0.4, 0.5) is 8.78 Å². The molecule has 0 saturated heterocycles. The van der Waals surface area contributed by atoms with Gasteiger partial charge in [0.05, 0.1) is 13.1 Å². The molecule has 8 heteroatoms. The molecule has 0 radical (unpaired) electrons. The van der Waals surface area contributed by atoms with E-state index in [1.165, 1.54) is 11.3 Å². The lowest BCUT2D eigenvalue weighted by atomic mass is 9.77. The normalized spacial score (nSPS) is 19.8. The summed E-state index contributed by atoms with van der Waals surface area (Å²) in [6.45, 7) is 0. The molecule has 1 saturated carbocycles. The molecule has 0 bridgehead atoms. The van der Waals surface area contributed by atoms with E-state index in [9.17, 15) is 13.9 Å². The van der Waals surface area contributed by atoms with Gasteiger partial charge in [-0.05, 0) is 24.3 Å². The Morgan fingerprint density at radius 3 is 2.93 bits per heavy atom. The van der Waals surface area contributed by atoms with Gasteiger partial charge in [-0.3, -0.25) is 4.68 Å². The summed E-state index contributed by atoms with van der Waals surface area (Å²) in [4.78, 5) is 9.97. The van der Waals surface area contributed by atoms with Crippen LogP contribution in [-0.4, -0.2) is 30.8 Å². The molecule has 27 heavy (non-hydrogen) atoms. The quantitative estimate of drug-likeness (QED) is 0.569. The second kappa shape index (κ2) is 5.77. The Hall–Kier alpha value is -2.45. The van der Waals surface area contributed by atoms with E-state index < -0.39 is 30.8 Å². The summed E-state index contributed by atoms with van der Waals surface area (Å²) in [6.07, 6.45) is 0.633. The second-order valence-electron chi connectivity index (χ2n) is 6.99. The number of halogens is 2. The third-order valence-electron chi connectivity index (χ3n) is 4.88. The molecule has 1 N–H and O–H groups in total. The van der Waals surface area contributed by atoms with Crippen molar-refractivity contribution in [1.82, 2.24) is 19.7 Å². The maximum atomic E-state index is 13.2. The topological polar surface area (TPSA) is 63.8 Å². The molecule has 4 aromatic heterocycles. The van der Waals surface area contributed by atoms with Crippen LogP contribution < -0.4 is 0 Å². The van der Waals surface area contributed by atoms with Gasteiger partial charge < -0.3 is 5.11 Å². The number of hydrogen-bond acceptors (Lipinski definition) is 5. The summed E-state index contributed by atoms with van der Waals surface area (Å²) < 4.78 is 36.3. The van der Waals surface area contributed by atoms with Crippen LogP contribution in [0.25, 0.3) is 32.5 Å². The summed E-state index contributed by atoms with van der Waals surface area (Å²) in [5.74, 6) is -3.55. The minimum atomic E-state index is -2.78. The van der Waals surface area contributed by atoms with Crippen LogP contribution >= 0.6 is 11.3 Å². The van der Waals surface area contributed by atoms with E-state index in [0.29, 0.717) is 21.0 Å². The number of pyridine rings is 2. The molecular weight excluding hydrogens is 370 g/mol. The molecule has 0 unspecified atom stereocenters. The van der Waals surface area contributed by atoms with Crippen LogP contribution in [-0.2, 0) is 7.05 Å². The van der Waals surface area contributed by atoms with E-state index in [0.717, 1.165) is 16.3 Å². The smallest absolute Gasteiger partial charge is 0.248 e. The Balaban J connectivity index is 1.51. The van der Waals surface area contributed by atoms with Gasteiger partial charge >= 0.3 is 0 Å². The van der Waals surface area contributed by atoms with Crippen molar-refractivity contribution in [3.8, 4) is 11.3 Å². The van der Waals surface area contributed by atoms with Crippen LogP contribution in [0.5, 0.6) is 0 Å². The molecule has 5 nitrogen and oxygen atoms in total. The minimum Gasteiger partial charge on any atom is -0.387 e. The van der Waals surface area contributed by atoms with Crippen molar-refractivity contribution in [1.29, 1.82) is 0 Å². The van der Waals surface area contributed by atoms with Gasteiger partial charge in [0.1, 0.15) is 4.83 Å². The monoisotopic (exact) mass is 387 g/mol. The highest BCUT2D eigenvalue weighted by molar-refractivity contribution is 7.18. The SMILES string of the molecule is [2H][C@@](O)(c1cc2ccc(-c3cnc4nn(C)cc4c3)nc2s1)C1CC(F)(F)C1. The number of alkyl halides is 2. The second-order valence-corrected chi connectivity index (χ2v) is 8.02. The Morgan fingerprint density at radius 1 is 1.33 bits per heavy atom. The summed E-state index contributed by atoms with van der Waals surface area (Å²) in [7, 11) is 1.83. The summed E-state index contributed by atoms with van der Waals surface area (Å²) in [5, 5.41) is 16.5. The van der Waals surface area contributed by atoms with Gasteiger partial charge in [-0.2, -0.15) is 5.10 Å². The third-order valence-corrected chi connectivity index (χ3v) is 5.95. The van der Waals surface area contributed by atoms with Crippen LogP contribution in [0.3, 0.4) is 0 Å². The molecule has 1 aliphatic rings.